The lowest BCUT2D eigenvalue weighted by Crippen LogP contribution is -2.34. The maximum absolute atomic E-state index is 12.0. The first-order valence-corrected chi connectivity index (χ1v) is 6.53. The lowest BCUT2D eigenvalue weighted by molar-refractivity contribution is -0.133. The fourth-order valence-electron chi connectivity index (χ4n) is 2.24. The van der Waals surface area contributed by atoms with Gasteiger partial charge in [-0.05, 0) is 6.42 Å². The van der Waals surface area contributed by atoms with Crippen LogP contribution < -0.4 is 5.73 Å². The number of ether oxygens (including phenoxy) is 1. The third kappa shape index (κ3) is 3.10. The molecule has 0 fully saturated rings. The van der Waals surface area contributed by atoms with Crippen molar-refractivity contribution >= 4 is 5.91 Å². The van der Waals surface area contributed by atoms with Crippen LogP contribution in [0.15, 0.2) is 0 Å². The minimum Gasteiger partial charge on any atom is -0.380 e. The van der Waals surface area contributed by atoms with E-state index in [2.05, 4.69) is 14.8 Å². The maximum atomic E-state index is 12.0. The van der Waals surface area contributed by atoms with Crippen molar-refractivity contribution in [2.45, 2.75) is 38.5 Å². The van der Waals surface area contributed by atoms with Gasteiger partial charge in [0.2, 0.25) is 5.91 Å². The minimum atomic E-state index is -0.223. The van der Waals surface area contributed by atoms with Crippen molar-refractivity contribution in [1.82, 2.24) is 19.7 Å². The number of hydrogen-bond acceptors (Lipinski definition) is 5. The van der Waals surface area contributed by atoms with Crippen LogP contribution in [0, 0.1) is 0 Å². The van der Waals surface area contributed by atoms with E-state index in [9.17, 15) is 4.79 Å². The Labute approximate surface area is 112 Å². The van der Waals surface area contributed by atoms with Gasteiger partial charge in [0.1, 0.15) is 5.82 Å². The number of fused-ring (bicyclic) bond motifs is 1. The van der Waals surface area contributed by atoms with Crippen LogP contribution >= 0.6 is 0 Å². The molecule has 1 amide bonds. The molecular weight excluding hydrogens is 246 g/mol. The molecule has 0 aliphatic carbocycles. The van der Waals surface area contributed by atoms with E-state index in [1.54, 1.807) is 19.1 Å². The van der Waals surface area contributed by atoms with Crippen molar-refractivity contribution in [3.8, 4) is 0 Å². The molecule has 7 heteroatoms. The molecule has 1 aromatic heterocycles. The summed E-state index contributed by atoms with van der Waals surface area (Å²) in [4.78, 5) is 13.7. The first kappa shape index (κ1) is 14.0. The summed E-state index contributed by atoms with van der Waals surface area (Å²) in [6.45, 7) is 1.77. The largest absolute Gasteiger partial charge is 0.380 e. The monoisotopic (exact) mass is 267 g/mol. The number of rotatable bonds is 6. The van der Waals surface area contributed by atoms with Gasteiger partial charge in [-0.3, -0.25) is 4.79 Å². The fraction of sp³-hybridized carbons (Fsp3) is 0.750. The number of hydrogen-bond donors (Lipinski definition) is 1. The molecule has 0 saturated carbocycles. The number of carbonyl (C=O) groups is 1. The zero-order chi connectivity index (χ0) is 13.8. The standard InChI is InChI=1S/C12H21N5O2/c1-16(12(18)6-9(7-13)19-2)8-11-15-14-10-4-3-5-17(10)11/h9H,3-8,13H2,1-2H3. The number of aromatic nitrogens is 3. The van der Waals surface area contributed by atoms with Crippen molar-refractivity contribution < 1.29 is 9.53 Å². The van der Waals surface area contributed by atoms with Crippen LogP contribution in [0.25, 0.3) is 0 Å². The Morgan fingerprint density at radius 3 is 3.05 bits per heavy atom. The Kier molecular flexibility index (Phi) is 4.49. The molecule has 0 spiro atoms. The Morgan fingerprint density at radius 1 is 1.58 bits per heavy atom. The van der Waals surface area contributed by atoms with E-state index < -0.39 is 0 Å². The normalized spacial score (nSPS) is 15.3. The van der Waals surface area contributed by atoms with E-state index in [4.69, 9.17) is 10.5 Å². The van der Waals surface area contributed by atoms with Gasteiger partial charge < -0.3 is 19.9 Å². The Morgan fingerprint density at radius 2 is 2.37 bits per heavy atom. The molecule has 7 nitrogen and oxygen atoms in total. The molecule has 1 atom stereocenters. The van der Waals surface area contributed by atoms with Gasteiger partial charge in [0.05, 0.1) is 19.1 Å². The number of amides is 1. The smallest absolute Gasteiger partial charge is 0.225 e. The molecule has 2 N–H and O–H groups in total. The van der Waals surface area contributed by atoms with Gasteiger partial charge in [0.25, 0.3) is 0 Å². The molecule has 0 saturated heterocycles. The number of nitrogens with zero attached hydrogens (tertiary/aromatic N) is 4. The zero-order valence-corrected chi connectivity index (χ0v) is 11.5. The zero-order valence-electron chi connectivity index (χ0n) is 11.5. The van der Waals surface area contributed by atoms with Crippen LogP contribution in [0.4, 0.5) is 0 Å². The Balaban J connectivity index is 1.93. The average molecular weight is 267 g/mol. The van der Waals surface area contributed by atoms with E-state index in [0.29, 0.717) is 19.5 Å². The van der Waals surface area contributed by atoms with Crippen LogP contribution in [-0.4, -0.2) is 52.4 Å². The van der Waals surface area contributed by atoms with Gasteiger partial charge in [-0.25, -0.2) is 0 Å². The molecule has 0 aromatic carbocycles. The van der Waals surface area contributed by atoms with Gasteiger partial charge in [0, 0.05) is 33.7 Å². The lowest BCUT2D eigenvalue weighted by Gasteiger charge is -2.19. The molecule has 0 bridgehead atoms. The molecule has 2 rings (SSSR count). The molecule has 0 radical (unpaired) electrons. The summed E-state index contributed by atoms with van der Waals surface area (Å²) in [7, 11) is 3.33. The second kappa shape index (κ2) is 6.12. The van der Waals surface area contributed by atoms with Gasteiger partial charge in [0.15, 0.2) is 5.82 Å². The predicted molar refractivity (Wildman–Crippen MR) is 69.3 cm³/mol. The second-order valence-electron chi connectivity index (χ2n) is 4.83. The molecule has 106 valence electrons. The summed E-state index contributed by atoms with van der Waals surface area (Å²) in [5, 5.41) is 8.28. The van der Waals surface area contributed by atoms with E-state index in [1.165, 1.54) is 0 Å². The first-order valence-electron chi connectivity index (χ1n) is 6.53. The summed E-state index contributed by atoms with van der Waals surface area (Å²) in [6.07, 6.45) is 2.15. The van der Waals surface area contributed by atoms with Gasteiger partial charge >= 0.3 is 0 Å². The molecule has 1 aliphatic heterocycles. The number of nitrogens with two attached hydrogens (primary N) is 1. The summed E-state index contributed by atoms with van der Waals surface area (Å²) in [6, 6.07) is 0. The second-order valence-corrected chi connectivity index (χ2v) is 4.83. The first-order chi connectivity index (χ1) is 9.15. The van der Waals surface area contributed by atoms with E-state index >= 15 is 0 Å². The van der Waals surface area contributed by atoms with Crippen molar-refractivity contribution in [2.75, 3.05) is 20.7 Å². The SMILES string of the molecule is COC(CN)CC(=O)N(C)Cc1nnc2n1CCC2. The quantitative estimate of drug-likeness (QED) is 0.754. The fourth-order valence-corrected chi connectivity index (χ4v) is 2.24. The van der Waals surface area contributed by atoms with Gasteiger partial charge in [-0.15, -0.1) is 10.2 Å². The summed E-state index contributed by atoms with van der Waals surface area (Å²) in [5.74, 6) is 1.88. The number of aryl methyl sites for hydroxylation is 1. The van der Waals surface area contributed by atoms with Crippen LogP contribution in [-0.2, 0) is 29.0 Å². The highest BCUT2D eigenvalue weighted by molar-refractivity contribution is 5.76. The van der Waals surface area contributed by atoms with Gasteiger partial charge in [-0.2, -0.15) is 0 Å². The molecule has 1 unspecified atom stereocenters. The maximum Gasteiger partial charge on any atom is 0.225 e. The predicted octanol–water partition coefficient (Wildman–Crippen LogP) is -0.453. The molecular formula is C12H21N5O2. The highest BCUT2D eigenvalue weighted by atomic mass is 16.5. The third-order valence-electron chi connectivity index (χ3n) is 3.49. The molecule has 1 aromatic rings. The van der Waals surface area contributed by atoms with Crippen molar-refractivity contribution in [1.29, 1.82) is 0 Å². The highest BCUT2D eigenvalue weighted by Gasteiger charge is 2.21. The van der Waals surface area contributed by atoms with Crippen LogP contribution in [0.2, 0.25) is 0 Å². The van der Waals surface area contributed by atoms with Crippen molar-refractivity contribution in [3.05, 3.63) is 11.6 Å². The van der Waals surface area contributed by atoms with Crippen molar-refractivity contribution in [2.24, 2.45) is 5.73 Å². The number of methoxy groups -OCH3 is 1. The number of carbonyl (C=O) groups excluding carboxylic acids is 1. The van der Waals surface area contributed by atoms with Gasteiger partial charge in [-0.1, -0.05) is 0 Å². The summed E-state index contributed by atoms with van der Waals surface area (Å²) < 4.78 is 7.22. The van der Waals surface area contributed by atoms with Crippen molar-refractivity contribution in [3.63, 3.8) is 0 Å². The molecule has 1 aliphatic rings. The van der Waals surface area contributed by atoms with Crippen LogP contribution in [0.5, 0.6) is 0 Å². The van der Waals surface area contributed by atoms with Crippen LogP contribution in [0.3, 0.4) is 0 Å². The topological polar surface area (TPSA) is 86.3 Å². The highest BCUT2D eigenvalue weighted by Crippen LogP contribution is 2.15. The van der Waals surface area contributed by atoms with E-state index in [0.717, 1.165) is 31.0 Å². The minimum absolute atomic E-state index is 0.00708. The molecule has 19 heavy (non-hydrogen) atoms. The Bertz CT molecular complexity index is 441. The summed E-state index contributed by atoms with van der Waals surface area (Å²) >= 11 is 0. The summed E-state index contributed by atoms with van der Waals surface area (Å²) in [5.41, 5.74) is 5.52. The third-order valence-corrected chi connectivity index (χ3v) is 3.49. The molecule has 2 heterocycles. The Hall–Kier alpha value is -1.47. The van der Waals surface area contributed by atoms with E-state index in [-0.39, 0.29) is 12.0 Å². The lowest BCUT2D eigenvalue weighted by atomic mass is 10.2. The average Bonchev–Trinajstić information content (AvgIpc) is 3.00. The van der Waals surface area contributed by atoms with Crippen LogP contribution in [0.1, 0.15) is 24.5 Å². The van der Waals surface area contributed by atoms with E-state index in [1.807, 2.05) is 0 Å².